The highest BCUT2D eigenvalue weighted by Crippen LogP contribution is 2.31. The topological polar surface area (TPSA) is 56.0 Å². The predicted molar refractivity (Wildman–Crippen MR) is 77.2 cm³/mol. The van der Waals surface area contributed by atoms with E-state index in [1.165, 1.54) is 12.1 Å². The maximum atomic E-state index is 14.1. The van der Waals surface area contributed by atoms with Gasteiger partial charge in [-0.25, -0.2) is 4.39 Å². The van der Waals surface area contributed by atoms with Crippen LogP contribution in [0.15, 0.2) is 30.5 Å². The number of benzene rings is 1. The van der Waals surface area contributed by atoms with Crippen LogP contribution in [-0.4, -0.2) is 10.9 Å². The molecule has 0 unspecified atom stereocenters. The molecule has 0 spiro atoms. The molecule has 0 aliphatic heterocycles. The molecule has 2 aromatic rings. The van der Waals surface area contributed by atoms with Crippen LogP contribution in [-0.2, 0) is 0 Å². The van der Waals surface area contributed by atoms with Crippen molar-refractivity contribution in [3.8, 4) is 11.1 Å². The van der Waals surface area contributed by atoms with E-state index in [1.54, 1.807) is 18.3 Å². The zero-order valence-electron chi connectivity index (χ0n) is 11.2. The number of rotatable bonds is 3. The Morgan fingerprint density at radius 2 is 2.00 bits per heavy atom. The van der Waals surface area contributed by atoms with Crippen molar-refractivity contribution in [2.45, 2.75) is 19.8 Å². The molecule has 1 aromatic carbocycles. The van der Waals surface area contributed by atoms with Crippen LogP contribution in [0.25, 0.3) is 11.1 Å². The lowest BCUT2D eigenvalue weighted by Crippen LogP contribution is -2.17. The number of hydrogen-bond acceptors (Lipinski definition) is 2. The highest BCUT2D eigenvalue weighted by molar-refractivity contribution is 6.30. The summed E-state index contributed by atoms with van der Waals surface area (Å²) in [6, 6.07) is 5.89. The molecule has 3 nitrogen and oxygen atoms in total. The lowest BCUT2D eigenvalue weighted by molar-refractivity contribution is 0.0999. The number of carbonyl (C=O) groups is 1. The molecule has 0 saturated heterocycles. The molecule has 2 N–H and O–H groups in total. The molecule has 1 heterocycles. The molecule has 5 heteroatoms. The van der Waals surface area contributed by atoms with Gasteiger partial charge >= 0.3 is 0 Å². The summed E-state index contributed by atoms with van der Waals surface area (Å²) in [6.07, 6.45) is 1.55. The van der Waals surface area contributed by atoms with Gasteiger partial charge in [-0.2, -0.15) is 0 Å². The molecule has 104 valence electrons. The van der Waals surface area contributed by atoms with Crippen LogP contribution < -0.4 is 5.73 Å². The van der Waals surface area contributed by atoms with E-state index in [2.05, 4.69) is 4.98 Å². The smallest absolute Gasteiger partial charge is 0.251 e. The van der Waals surface area contributed by atoms with Crippen LogP contribution in [0.3, 0.4) is 0 Å². The molecular weight excluding hydrogens is 279 g/mol. The number of amides is 1. The van der Waals surface area contributed by atoms with Crippen molar-refractivity contribution in [3.63, 3.8) is 0 Å². The van der Waals surface area contributed by atoms with Gasteiger partial charge in [0.15, 0.2) is 0 Å². The third-order valence-corrected chi connectivity index (χ3v) is 3.23. The minimum atomic E-state index is -0.619. The zero-order chi connectivity index (χ0) is 14.9. The fourth-order valence-corrected chi connectivity index (χ4v) is 2.27. The SMILES string of the molecule is CC(C)c1nccc(-c2ccc(Cl)cc2F)c1C(N)=O. The average Bonchev–Trinajstić information content (AvgIpc) is 2.37. The minimum Gasteiger partial charge on any atom is -0.366 e. The number of hydrogen-bond donors (Lipinski definition) is 1. The van der Waals surface area contributed by atoms with Crippen molar-refractivity contribution in [2.75, 3.05) is 0 Å². The van der Waals surface area contributed by atoms with Gasteiger partial charge < -0.3 is 5.73 Å². The normalized spacial score (nSPS) is 10.8. The molecule has 0 atom stereocenters. The van der Waals surface area contributed by atoms with Crippen LogP contribution in [0.2, 0.25) is 5.02 Å². The van der Waals surface area contributed by atoms with Crippen LogP contribution in [0.4, 0.5) is 4.39 Å². The first-order valence-corrected chi connectivity index (χ1v) is 6.53. The third-order valence-electron chi connectivity index (χ3n) is 2.99. The van der Waals surface area contributed by atoms with Crippen LogP contribution in [0.5, 0.6) is 0 Å². The Balaban J connectivity index is 2.74. The largest absolute Gasteiger partial charge is 0.366 e. The second-order valence-electron chi connectivity index (χ2n) is 4.76. The van der Waals surface area contributed by atoms with Gasteiger partial charge in [0.25, 0.3) is 5.91 Å². The summed E-state index contributed by atoms with van der Waals surface area (Å²) in [7, 11) is 0. The first kappa shape index (κ1) is 14.5. The summed E-state index contributed by atoms with van der Waals surface area (Å²) in [5.74, 6) is -1.11. The van der Waals surface area contributed by atoms with Crippen molar-refractivity contribution in [1.82, 2.24) is 4.98 Å². The van der Waals surface area contributed by atoms with E-state index < -0.39 is 11.7 Å². The molecule has 0 bridgehead atoms. The highest BCUT2D eigenvalue weighted by Gasteiger charge is 2.20. The van der Waals surface area contributed by atoms with Gasteiger partial charge in [0.1, 0.15) is 5.82 Å². The zero-order valence-corrected chi connectivity index (χ0v) is 11.9. The lowest BCUT2D eigenvalue weighted by Gasteiger charge is -2.14. The Labute approximate surface area is 121 Å². The molecule has 0 radical (unpaired) electrons. The number of primary amides is 1. The van der Waals surface area contributed by atoms with E-state index >= 15 is 0 Å². The highest BCUT2D eigenvalue weighted by atomic mass is 35.5. The quantitative estimate of drug-likeness (QED) is 0.936. The number of nitrogens with zero attached hydrogens (tertiary/aromatic N) is 1. The summed E-state index contributed by atoms with van der Waals surface area (Å²) in [5, 5.41) is 0.296. The van der Waals surface area contributed by atoms with Gasteiger partial charge in [0, 0.05) is 22.3 Å². The fourth-order valence-electron chi connectivity index (χ4n) is 2.11. The summed E-state index contributed by atoms with van der Waals surface area (Å²) in [6.45, 7) is 3.80. The van der Waals surface area contributed by atoms with Gasteiger partial charge in [-0.1, -0.05) is 25.4 Å². The number of halogens is 2. The molecule has 0 fully saturated rings. The van der Waals surface area contributed by atoms with Crippen LogP contribution in [0, 0.1) is 5.82 Å². The van der Waals surface area contributed by atoms with Crippen molar-refractivity contribution < 1.29 is 9.18 Å². The van der Waals surface area contributed by atoms with Crippen LogP contribution in [0.1, 0.15) is 35.8 Å². The summed E-state index contributed by atoms with van der Waals surface area (Å²) < 4.78 is 14.1. The van der Waals surface area contributed by atoms with Gasteiger partial charge in [0.05, 0.1) is 11.3 Å². The second kappa shape index (κ2) is 5.59. The van der Waals surface area contributed by atoms with Crippen molar-refractivity contribution in [3.05, 3.63) is 52.6 Å². The Bertz CT molecular complexity index is 671. The number of pyridine rings is 1. The fraction of sp³-hybridized carbons (Fsp3) is 0.200. The monoisotopic (exact) mass is 292 g/mol. The number of carbonyl (C=O) groups excluding carboxylic acids is 1. The van der Waals surface area contributed by atoms with Crippen molar-refractivity contribution >= 4 is 17.5 Å². The Kier molecular flexibility index (Phi) is 4.04. The van der Waals surface area contributed by atoms with Gasteiger partial charge in [-0.3, -0.25) is 9.78 Å². The summed E-state index contributed by atoms with van der Waals surface area (Å²) in [5.41, 5.74) is 6.98. The third kappa shape index (κ3) is 2.65. The molecule has 1 amide bonds. The van der Waals surface area contributed by atoms with E-state index in [0.717, 1.165) is 0 Å². The molecule has 0 aliphatic rings. The van der Waals surface area contributed by atoms with E-state index in [-0.39, 0.29) is 17.0 Å². The minimum absolute atomic E-state index is 0.00723. The van der Waals surface area contributed by atoms with E-state index in [1.807, 2.05) is 13.8 Å². The van der Waals surface area contributed by atoms with Crippen molar-refractivity contribution in [2.24, 2.45) is 5.73 Å². The van der Waals surface area contributed by atoms with E-state index in [0.29, 0.717) is 16.3 Å². The molecule has 1 aromatic heterocycles. The number of aromatic nitrogens is 1. The Hall–Kier alpha value is -1.94. The first-order valence-electron chi connectivity index (χ1n) is 6.16. The maximum absolute atomic E-state index is 14.1. The average molecular weight is 293 g/mol. The maximum Gasteiger partial charge on any atom is 0.251 e. The Morgan fingerprint density at radius 1 is 1.30 bits per heavy atom. The molecule has 2 rings (SSSR count). The lowest BCUT2D eigenvalue weighted by atomic mass is 9.94. The van der Waals surface area contributed by atoms with Crippen molar-refractivity contribution in [1.29, 1.82) is 0 Å². The van der Waals surface area contributed by atoms with Gasteiger partial charge in [-0.05, 0) is 30.2 Å². The standard InChI is InChI=1S/C15H14ClFN2O/c1-8(2)14-13(15(18)20)11(5-6-19-14)10-4-3-9(16)7-12(10)17/h3-8H,1-2H3,(H2,18,20). The second-order valence-corrected chi connectivity index (χ2v) is 5.20. The van der Waals surface area contributed by atoms with Gasteiger partial charge in [0.2, 0.25) is 0 Å². The number of nitrogens with two attached hydrogens (primary N) is 1. The van der Waals surface area contributed by atoms with Crippen LogP contribution >= 0.6 is 11.6 Å². The first-order chi connectivity index (χ1) is 9.41. The van der Waals surface area contributed by atoms with E-state index in [4.69, 9.17) is 17.3 Å². The molecule has 0 saturated carbocycles. The Morgan fingerprint density at radius 3 is 2.55 bits per heavy atom. The predicted octanol–water partition coefficient (Wildman–Crippen LogP) is 3.76. The molecular formula is C15H14ClFN2O. The summed E-state index contributed by atoms with van der Waals surface area (Å²) >= 11 is 5.74. The van der Waals surface area contributed by atoms with Gasteiger partial charge in [-0.15, -0.1) is 0 Å². The molecule has 0 aliphatic carbocycles. The summed E-state index contributed by atoms with van der Waals surface area (Å²) in [4.78, 5) is 15.9. The molecule has 20 heavy (non-hydrogen) atoms. The van der Waals surface area contributed by atoms with E-state index in [9.17, 15) is 9.18 Å².